The van der Waals surface area contributed by atoms with E-state index < -0.39 is 17.5 Å². The molecule has 0 fully saturated rings. The van der Waals surface area contributed by atoms with Crippen LogP contribution < -0.4 is 10.6 Å². The number of rotatable bonds is 7. The molecule has 0 aliphatic rings. The van der Waals surface area contributed by atoms with Gasteiger partial charge < -0.3 is 10.6 Å². The predicted molar refractivity (Wildman–Crippen MR) is 101 cm³/mol. The summed E-state index contributed by atoms with van der Waals surface area (Å²) in [4.78, 5) is 16.2. The highest BCUT2D eigenvalue weighted by atomic mass is 19.2. The number of hydrogen-bond donors (Lipinski definition) is 2. The molecule has 144 valence electrons. The second-order valence-electron chi connectivity index (χ2n) is 6.12. The minimum absolute atomic E-state index is 0.132. The lowest BCUT2D eigenvalue weighted by Crippen LogP contribution is -2.25. The van der Waals surface area contributed by atoms with Crippen LogP contribution in [0.15, 0.2) is 60.8 Å². The van der Waals surface area contributed by atoms with Crippen LogP contribution in [-0.4, -0.2) is 17.4 Å². The van der Waals surface area contributed by atoms with E-state index in [1.807, 2.05) is 30.3 Å². The van der Waals surface area contributed by atoms with Crippen LogP contribution >= 0.6 is 0 Å². The number of amides is 1. The van der Waals surface area contributed by atoms with E-state index >= 15 is 0 Å². The van der Waals surface area contributed by atoms with Crippen LogP contribution in [0.5, 0.6) is 0 Å². The van der Waals surface area contributed by atoms with Crippen LogP contribution in [0.1, 0.15) is 22.5 Å². The monoisotopic (exact) mass is 385 g/mol. The van der Waals surface area contributed by atoms with E-state index in [0.717, 1.165) is 25.0 Å². The highest BCUT2D eigenvalue weighted by molar-refractivity contribution is 5.93. The van der Waals surface area contributed by atoms with E-state index in [0.29, 0.717) is 12.2 Å². The summed E-state index contributed by atoms with van der Waals surface area (Å²) in [5.74, 6) is -4.53. The molecule has 28 heavy (non-hydrogen) atoms. The van der Waals surface area contributed by atoms with Crippen molar-refractivity contribution in [3.05, 3.63) is 89.5 Å². The molecule has 0 radical (unpaired) electrons. The number of halogens is 3. The molecule has 0 saturated carbocycles. The first-order valence-electron chi connectivity index (χ1n) is 8.73. The number of aromatic nitrogens is 1. The van der Waals surface area contributed by atoms with E-state index in [9.17, 15) is 18.0 Å². The molecular formula is C21H18F3N3O. The van der Waals surface area contributed by atoms with Crippen molar-refractivity contribution in [2.24, 2.45) is 0 Å². The van der Waals surface area contributed by atoms with Crippen LogP contribution in [0.2, 0.25) is 0 Å². The molecule has 1 heterocycles. The minimum Gasteiger partial charge on any atom is -0.353 e. The summed E-state index contributed by atoms with van der Waals surface area (Å²) >= 11 is 0. The maximum atomic E-state index is 13.8. The Hall–Kier alpha value is -3.35. The number of aryl methyl sites for hydroxylation is 1. The SMILES string of the molecule is O=C(NCCCc1ccccc1)c1cc(Nc2ccc(F)c(F)c2F)ccn1. The van der Waals surface area contributed by atoms with Crippen LogP contribution in [0.3, 0.4) is 0 Å². The Morgan fingerprint density at radius 2 is 1.75 bits per heavy atom. The number of benzene rings is 2. The van der Waals surface area contributed by atoms with Gasteiger partial charge in [-0.05, 0) is 42.7 Å². The van der Waals surface area contributed by atoms with E-state index in [-0.39, 0.29) is 17.3 Å². The molecule has 3 rings (SSSR count). The third-order valence-corrected chi connectivity index (χ3v) is 4.08. The zero-order valence-corrected chi connectivity index (χ0v) is 14.9. The van der Waals surface area contributed by atoms with Crippen molar-refractivity contribution in [1.82, 2.24) is 10.3 Å². The normalized spacial score (nSPS) is 10.5. The smallest absolute Gasteiger partial charge is 0.269 e. The van der Waals surface area contributed by atoms with Gasteiger partial charge in [0.2, 0.25) is 0 Å². The van der Waals surface area contributed by atoms with E-state index in [1.165, 1.54) is 23.9 Å². The van der Waals surface area contributed by atoms with Gasteiger partial charge in [0.25, 0.3) is 5.91 Å². The molecule has 1 amide bonds. The fourth-order valence-corrected chi connectivity index (χ4v) is 2.64. The Morgan fingerprint density at radius 1 is 0.964 bits per heavy atom. The number of carbonyl (C=O) groups is 1. The fourth-order valence-electron chi connectivity index (χ4n) is 2.64. The van der Waals surface area contributed by atoms with Gasteiger partial charge in [-0.25, -0.2) is 13.2 Å². The lowest BCUT2D eigenvalue weighted by atomic mass is 10.1. The second-order valence-corrected chi connectivity index (χ2v) is 6.12. The van der Waals surface area contributed by atoms with Gasteiger partial charge in [0.05, 0.1) is 5.69 Å². The van der Waals surface area contributed by atoms with Crippen molar-refractivity contribution < 1.29 is 18.0 Å². The first-order valence-corrected chi connectivity index (χ1v) is 8.73. The van der Waals surface area contributed by atoms with Gasteiger partial charge in [0.1, 0.15) is 5.69 Å². The average Bonchev–Trinajstić information content (AvgIpc) is 2.72. The van der Waals surface area contributed by atoms with Crippen molar-refractivity contribution in [2.45, 2.75) is 12.8 Å². The summed E-state index contributed by atoms with van der Waals surface area (Å²) in [5, 5.41) is 5.40. The summed E-state index contributed by atoms with van der Waals surface area (Å²) in [6.07, 6.45) is 2.98. The summed E-state index contributed by atoms with van der Waals surface area (Å²) in [6.45, 7) is 0.477. The third-order valence-electron chi connectivity index (χ3n) is 4.08. The topological polar surface area (TPSA) is 54.0 Å². The molecule has 2 aromatic carbocycles. The fraction of sp³-hybridized carbons (Fsp3) is 0.143. The number of pyridine rings is 1. The number of hydrogen-bond acceptors (Lipinski definition) is 3. The lowest BCUT2D eigenvalue weighted by Gasteiger charge is -2.10. The number of carbonyl (C=O) groups excluding carboxylic acids is 1. The van der Waals surface area contributed by atoms with Gasteiger partial charge in [-0.1, -0.05) is 30.3 Å². The zero-order valence-electron chi connectivity index (χ0n) is 14.9. The van der Waals surface area contributed by atoms with Crippen molar-refractivity contribution in [1.29, 1.82) is 0 Å². The summed E-state index contributed by atoms with van der Waals surface area (Å²) in [5.41, 5.74) is 1.41. The summed E-state index contributed by atoms with van der Waals surface area (Å²) < 4.78 is 40.1. The average molecular weight is 385 g/mol. The molecular weight excluding hydrogens is 367 g/mol. The van der Waals surface area contributed by atoms with Crippen LogP contribution in [-0.2, 0) is 6.42 Å². The third kappa shape index (κ3) is 4.88. The molecule has 0 aliphatic heterocycles. The summed E-state index contributed by atoms with van der Waals surface area (Å²) in [6, 6.07) is 14.7. The van der Waals surface area contributed by atoms with Gasteiger partial charge in [-0.3, -0.25) is 9.78 Å². The van der Waals surface area contributed by atoms with Gasteiger partial charge in [0, 0.05) is 18.4 Å². The first-order chi connectivity index (χ1) is 13.5. The van der Waals surface area contributed by atoms with E-state index in [1.54, 1.807) is 0 Å². The van der Waals surface area contributed by atoms with Crippen molar-refractivity contribution in [3.8, 4) is 0 Å². The van der Waals surface area contributed by atoms with Crippen LogP contribution in [0.25, 0.3) is 0 Å². The zero-order chi connectivity index (χ0) is 19.9. The Kier molecular flexibility index (Phi) is 6.26. The van der Waals surface area contributed by atoms with Crippen LogP contribution in [0, 0.1) is 17.5 Å². The Bertz CT molecular complexity index is 964. The molecule has 0 atom stereocenters. The molecule has 7 heteroatoms. The Balaban J connectivity index is 1.58. The maximum Gasteiger partial charge on any atom is 0.269 e. The van der Waals surface area contributed by atoms with E-state index in [4.69, 9.17) is 0 Å². The highest BCUT2D eigenvalue weighted by Gasteiger charge is 2.14. The molecule has 4 nitrogen and oxygen atoms in total. The molecule has 0 saturated heterocycles. The number of nitrogens with one attached hydrogen (secondary N) is 2. The molecule has 1 aromatic heterocycles. The standard InChI is InChI=1S/C21H18F3N3O/c22-16-8-9-17(20(24)19(16)23)27-15-10-12-25-18(13-15)21(28)26-11-4-7-14-5-2-1-3-6-14/h1-3,5-6,8-10,12-13H,4,7,11H2,(H,25,27)(H,26,28). The number of nitrogens with zero attached hydrogens (tertiary/aromatic N) is 1. The van der Waals surface area contributed by atoms with Gasteiger partial charge in [-0.15, -0.1) is 0 Å². The molecule has 3 aromatic rings. The maximum absolute atomic E-state index is 13.8. The van der Waals surface area contributed by atoms with Crippen molar-refractivity contribution in [3.63, 3.8) is 0 Å². The van der Waals surface area contributed by atoms with E-state index in [2.05, 4.69) is 15.6 Å². The van der Waals surface area contributed by atoms with Crippen molar-refractivity contribution in [2.75, 3.05) is 11.9 Å². The molecule has 0 spiro atoms. The predicted octanol–water partition coefficient (Wildman–Crippen LogP) is 4.61. The molecule has 0 unspecified atom stereocenters. The first kappa shape index (κ1) is 19.4. The molecule has 0 bridgehead atoms. The van der Waals surface area contributed by atoms with Gasteiger partial charge in [-0.2, -0.15) is 0 Å². The second kappa shape index (κ2) is 9.03. The molecule has 2 N–H and O–H groups in total. The van der Waals surface area contributed by atoms with Gasteiger partial charge >= 0.3 is 0 Å². The highest BCUT2D eigenvalue weighted by Crippen LogP contribution is 2.23. The number of anilines is 2. The largest absolute Gasteiger partial charge is 0.353 e. The lowest BCUT2D eigenvalue weighted by molar-refractivity contribution is 0.0948. The van der Waals surface area contributed by atoms with Gasteiger partial charge in [0.15, 0.2) is 17.5 Å². The molecule has 0 aliphatic carbocycles. The summed E-state index contributed by atoms with van der Waals surface area (Å²) in [7, 11) is 0. The Labute approximate surface area is 160 Å². The quantitative estimate of drug-likeness (QED) is 0.461. The Morgan fingerprint density at radius 3 is 2.54 bits per heavy atom. The van der Waals surface area contributed by atoms with Crippen LogP contribution in [0.4, 0.5) is 24.5 Å². The van der Waals surface area contributed by atoms with Crippen molar-refractivity contribution >= 4 is 17.3 Å². The minimum atomic E-state index is -1.56.